The summed E-state index contributed by atoms with van der Waals surface area (Å²) in [6.45, 7) is 3.11. The summed E-state index contributed by atoms with van der Waals surface area (Å²) >= 11 is 0. The summed E-state index contributed by atoms with van der Waals surface area (Å²) in [5.74, 6) is -0.469. The smallest absolute Gasteiger partial charge is 0.252 e. The predicted molar refractivity (Wildman–Crippen MR) is 109 cm³/mol. The third-order valence-corrected chi connectivity index (χ3v) is 5.24. The average Bonchev–Trinajstić information content (AvgIpc) is 2.69. The van der Waals surface area contributed by atoms with E-state index in [1.54, 1.807) is 12.1 Å². The number of carbonyl (C=O) groups excluding carboxylic acids is 1. The molecule has 1 amide bonds. The first-order chi connectivity index (χ1) is 13.5. The van der Waals surface area contributed by atoms with Crippen LogP contribution in [0.4, 0.5) is 4.39 Å². The molecule has 1 heterocycles. The molecule has 144 valence electrons. The van der Waals surface area contributed by atoms with E-state index in [2.05, 4.69) is 10.6 Å². The normalized spacial score (nSPS) is 19.5. The Kier molecular flexibility index (Phi) is 5.11. The maximum atomic E-state index is 14.5. The van der Waals surface area contributed by atoms with Gasteiger partial charge in [0.05, 0.1) is 6.10 Å². The van der Waals surface area contributed by atoms with Crippen molar-refractivity contribution in [3.8, 4) is 11.1 Å². The lowest BCUT2D eigenvalue weighted by Gasteiger charge is -2.27. The van der Waals surface area contributed by atoms with Gasteiger partial charge in [-0.1, -0.05) is 42.0 Å². The van der Waals surface area contributed by atoms with Crippen LogP contribution in [0.5, 0.6) is 0 Å². The number of aliphatic hydroxyl groups is 1. The molecule has 1 fully saturated rings. The molecule has 0 unspecified atom stereocenters. The lowest BCUT2D eigenvalue weighted by Crippen LogP contribution is -2.50. The van der Waals surface area contributed by atoms with E-state index < -0.39 is 6.10 Å². The topological polar surface area (TPSA) is 61.4 Å². The maximum Gasteiger partial charge on any atom is 0.252 e. The molecule has 0 aliphatic carbocycles. The van der Waals surface area contributed by atoms with Crippen molar-refractivity contribution < 1.29 is 14.3 Å². The van der Waals surface area contributed by atoms with Crippen LogP contribution in [0.15, 0.2) is 54.6 Å². The van der Waals surface area contributed by atoms with Crippen LogP contribution in [0.3, 0.4) is 0 Å². The number of carbonyl (C=O) groups is 1. The van der Waals surface area contributed by atoms with E-state index in [-0.39, 0.29) is 17.8 Å². The molecular formula is C23H23FN2O2. The van der Waals surface area contributed by atoms with Gasteiger partial charge in [0.2, 0.25) is 0 Å². The number of aryl methyl sites for hydroxylation is 1. The summed E-state index contributed by atoms with van der Waals surface area (Å²) in [5.41, 5.74) is 2.82. The fraction of sp³-hybridized carbons (Fsp3) is 0.261. The summed E-state index contributed by atoms with van der Waals surface area (Å²) in [6, 6.07) is 16.0. The summed E-state index contributed by atoms with van der Waals surface area (Å²) in [4.78, 5) is 12.9. The number of halogens is 1. The number of rotatable bonds is 3. The van der Waals surface area contributed by atoms with E-state index >= 15 is 0 Å². The minimum Gasteiger partial charge on any atom is -0.392 e. The standard InChI is InChI=1S/C23H23FN2O2/c1-14-6-9-22(24)21(10-14)19-7-8-20(18-5-3-2-4-17(18)19)23(28)26-15-11-16(27)13-25-12-15/h2-10,15-16,25,27H,11-13H2,1H3,(H,26,28)/t15-,16+/m0/s1. The Morgan fingerprint density at radius 1 is 1.07 bits per heavy atom. The van der Waals surface area contributed by atoms with Gasteiger partial charge in [0.1, 0.15) is 5.82 Å². The van der Waals surface area contributed by atoms with E-state index in [0.717, 1.165) is 21.9 Å². The van der Waals surface area contributed by atoms with E-state index in [0.29, 0.717) is 30.6 Å². The highest BCUT2D eigenvalue weighted by Crippen LogP contribution is 2.33. The van der Waals surface area contributed by atoms with Crippen molar-refractivity contribution in [1.82, 2.24) is 10.6 Å². The second kappa shape index (κ2) is 7.70. The third-order valence-electron chi connectivity index (χ3n) is 5.24. The second-order valence-corrected chi connectivity index (χ2v) is 7.41. The van der Waals surface area contributed by atoms with Crippen LogP contribution in [0.1, 0.15) is 22.3 Å². The summed E-state index contributed by atoms with van der Waals surface area (Å²) in [5, 5.41) is 17.5. The molecule has 2 atom stereocenters. The number of piperidine rings is 1. The zero-order valence-corrected chi connectivity index (χ0v) is 15.7. The van der Waals surface area contributed by atoms with Gasteiger partial charge in [-0.15, -0.1) is 0 Å². The Labute approximate surface area is 163 Å². The second-order valence-electron chi connectivity index (χ2n) is 7.41. The van der Waals surface area contributed by atoms with Crippen molar-refractivity contribution in [1.29, 1.82) is 0 Å². The first-order valence-electron chi connectivity index (χ1n) is 9.51. The Bertz CT molecular complexity index is 1030. The van der Waals surface area contributed by atoms with Crippen molar-refractivity contribution in [3.05, 3.63) is 71.5 Å². The number of fused-ring (bicyclic) bond motifs is 1. The highest BCUT2D eigenvalue weighted by molar-refractivity contribution is 6.11. The zero-order chi connectivity index (χ0) is 19.7. The highest BCUT2D eigenvalue weighted by Gasteiger charge is 2.23. The van der Waals surface area contributed by atoms with Crippen LogP contribution in [0.2, 0.25) is 0 Å². The van der Waals surface area contributed by atoms with Gasteiger partial charge in [-0.25, -0.2) is 4.39 Å². The first kappa shape index (κ1) is 18.6. The Balaban J connectivity index is 1.73. The molecular weight excluding hydrogens is 355 g/mol. The zero-order valence-electron chi connectivity index (χ0n) is 15.7. The SMILES string of the molecule is Cc1ccc(F)c(-c2ccc(C(=O)N[C@@H]3CNC[C@H](O)C3)c3ccccc23)c1. The number of hydrogen-bond acceptors (Lipinski definition) is 3. The summed E-state index contributed by atoms with van der Waals surface area (Å²) in [7, 11) is 0. The van der Waals surface area contributed by atoms with Crippen molar-refractivity contribution >= 4 is 16.7 Å². The lowest BCUT2D eigenvalue weighted by molar-refractivity contribution is 0.0878. The van der Waals surface area contributed by atoms with Crippen LogP contribution in [-0.2, 0) is 0 Å². The number of benzene rings is 3. The molecule has 0 radical (unpaired) electrons. The van der Waals surface area contributed by atoms with Crippen LogP contribution in [0.25, 0.3) is 21.9 Å². The number of amides is 1. The largest absolute Gasteiger partial charge is 0.392 e. The molecule has 0 saturated carbocycles. The molecule has 3 aromatic carbocycles. The molecule has 3 N–H and O–H groups in total. The minimum absolute atomic E-state index is 0.121. The van der Waals surface area contributed by atoms with Crippen LogP contribution >= 0.6 is 0 Å². The van der Waals surface area contributed by atoms with E-state index in [4.69, 9.17) is 0 Å². The van der Waals surface area contributed by atoms with Crippen LogP contribution < -0.4 is 10.6 Å². The fourth-order valence-electron chi connectivity index (χ4n) is 3.87. The molecule has 0 bridgehead atoms. The Hall–Kier alpha value is -2.76. The molecule has 28 heavy (non-hydrogen) atoms. The molecule has 3 aromatic rings. The molecule has 4 nitrogen and oxygen atoms in total. The molecule has 5 heteroatoms. The Morgan fingerprint density at radius 3 is 2.64 bits per heavy atom. The van der Waals surface area contributed by atoms with E-state index in [1.165, 1.54) is 6.07 Å². The van der Waals surface area contributed by atoms with Crippen molar-refractivity contribution in [2.24, 2.45) is 0 Å². The van der Waals surface area contributed by atoms with Gasteiger partial charge in [0.15, 0.2) is 0 Å². The first-order valence-corrected chi connectivity index (χ1v) is 9.51. The van der Waals surface area contributed by atoms with Gasteiger partial charge in [-0.2, -0.15) is 0 Å². The number of hydrogen-bond donors (Lipinski definition) is 3. The van der Waals surface area contributed by atoms with Crippen molar-refractivity contribution in [3.63, 3.8) is 0 Å². The van der Waals surface area contributed by atoms with Gasteiger partial charge in [-0.3, -0.25) is 4.79 Å². The minimum atomic E-state index is -0.456. The molecule has 0 aromatic heterocycles. The maximum absolute atomic E-state index is 14.5. The molecule has 1 saturated heterocycles. The van der Waals surface area contributed by atoms with Crippen molar-refractivity contribution in [2.45, 2.75) is 25.5 Å². The fourth-order valence-corrected chi connectivity index (χ4v) is 3.87. The third kappa shape index (κ3) is 3.63. The number of β-amino-alcohol motifs (C(OH)–C–C–N with tert-alkyl or cyclic N) is 1. The molecule has 4 rings (SSSR count). The monoisotopic (exact) mass is 378 g/mol. The summed E-state index contributed by atoms with van der Waals surface area (Å²) in [6.07, 6.45) is 0.0750. The average molecular weight is 378 g/mol. The summed E-state index contributed by atoms with van der Waals surface area (Å²) < 4.78 is 14.5. The van der Waals surface area contributed by atoms with E-state index in [1.807, 2.05) is 43.3 Å². The molecule has 0 spiro atoms. The highest BCUT2D eigenvalue weighted by atomic mass is 19.1. The number of nitrogens with one attached hydrogen (secondary N) is 2. The lowest BCUT2D eigenvalue weighted by atomic mass is 9.93. The van der Waals surface area contributed by atoms with Gasteiger partial charge >= 0.3 is 0 Å². The van der Waals surface area contributed by atoms with Gasteiger partial charge < -0.3 is 15.7 Å². The number of aliphatic hydroxyl groups excluding tert-OH is 1. The van der Waals surface area contributed by atoms with Crippen LogP contribution in [0, 0.1) is 12.7 Å². The van der Waals surface area contributed by atoms with Gasteiger partial charge in [-0.05, 0) is 47.9 Å². The van der Waals surface area contributed by atoms with Crippen molar-refractivity contribution in [2.75, 3.05) is 13.1 Å². The van der Waals surface area contributed by atoms with Crippen LogP contribution in [-0.4, -0.2) is 36.2 Å². The van der Waals surface area contributed by atoms with Gasteiger partial charge in [0.25, 0.3) is 5.91 Å². The van der Waals surface area contributed by atoms with Gasteiger partial charge in [0, 0.05) is 30.3 Å². The molecule has 1 aliphatic heterocycles. The Morgan fingerprint density at radius 2 is 1.86 bits per heavy atom. The van der Waals surface area contributed by atoms with E-state index in [9.17, 15) is 14.3 Å². The predicted octanol–water partition coefficient (Wildman–Crippen LogP) is 3.41. The quantitative estimate of drug-likeness (QED) is 0.655. The molecule has 1 aliphatic rings.